The summed E-state index contributed by atoms with van der Waals surface area (Å²) in [5, 5.41) is 25.5. The molecule has 0 aromatic heterocycles. The number of aliphatic hydroxyl groups is 2. The van der Waals surface area contributed by atoms with E-state index in [2.05, 4.69) is 0 Å². The first-order valence-corrected chi connectivity index (χ1v) is 33.5. The summed E-state index contributed by atoms with van der Waals surface area (Å²) < 4.78 is 89.2. The molecule has 0 bridgehead atoms. The van der Waals surface area contributed by atoms with Gasteiger partial charge in [0.15, 0.2) is 55.5 Å². The van der Waals surface area contributed by atoms with Crippen LogP contribution in [0.4, 0.5) is 0 Å². The standard InChI is InChI=1S/C81H68O25/c82-61-62(99-73(86)52-34-16-4-17-35-52)58(46-93-70(83)49-28-10-1-11-29-49)97-80(65(61)102-76(89)55-40-22-7-23-41-55)106-67-64(101-75(88)54-38-20-6-21-39-54)60(48-95-72(85)51-32-14-3-15-33-51)98-81(69(67)104-78(91)57-44-26-9-27-45-57)105-66-63(100-74(87)53-36-18-5-19-37-53)59(47-94-71(84)50-30-12-2-13-31-50)96-79(92)68(66)103-77(90)56-42-24-8-25-43-56/h1-45,58-69,79-82,92H,46-48H2/t58-,59-,60-,61+,62-,63-,64-,65+,66+,67+,68+,69+,79+,80-,81-/m1/s1. The van der Waals surface area contributed by atoms with Crippen molar-refractivity contribution in [3.8, 4) is 0 Å². The SMILES string of the molecule is O=C(OC[C@H]1O[C@H](O[C@@H]2[C@H](OC(=O)c3ccccc3)[C@@H](O[C@@H]3[C@H](OC(=O)c4ccccc4)[C@@H](O)O[C@H](COC(=O)c4ccccc4)[C@H]3OC(=O)c3ccccc3)O[C@H](COC(=O)c3ccccc3)[C@H]2OC(=O)c2ccccc2)[C@@H](OC(=O)c2ccccc2)[C@@H](O)[C@@H]1OC(=O)c1ccccc1)c1ccccc1. The van der Waals surface area contributed by atoms with E-state index < -0.39 is 166 Å². The molecule has 2 N–H and O–H groups in total. The summed E-state index contributed by atoms with van der Waals surface area (Å²) in [5.74, 6) is -9.46. The molecule has 3 aliphatic heterocycles. The molecule has 106 heavy (non-hydrogen) atoms. The van der Waals surface area contributed by atoms with Crippen LogP contribution in [-0.4, -0.2) is 176 Å². The lowest BCUT2D eigenvalue weighted by Gasteiger charge is -2.50. The highest BCUT2D eigenvalue weighted by molar-refractivity contribution is 5.93. The molecule has 3 saturated heterocycles. The third-order valence-corrected chi connectivity index (χ3v) is 17.1. The molecule has 0 spiro atoms. The summed E-state index contributed by atoms with van der Waals surface area (Å²) in [6.45, 7) is -2.62. The highest BCUT2D eigenvalue weighted by Crippen LogP contribution is 2.39. The van der Waals surface area contributed by atoms with Crippen LogP contribution in [0.1, 0.15) is 93.2 Å². The number of carbonyl (C=O) groups is 9. The zero-order valence-corrected chi connectivity index (χ0v) is 56.0. The van der Waals surface area contributed by atoms with Crippen LogP contribution in [0.2, 0.25) is 0 Å². The number of hydrogen-bond donors (Lipinski definition) is 2. The number of carbonyl (C=O) groups excluding carboxylic acids is 9. The molecule has 25 nitrogen and oxygen atoms in total. The molecule has 3 fully saturated rings. The van der Waals surface area contributed by atoms with Crippen LogP contribution in [0.15, 0.2) is 273 Å². The molecule has 9 aromatic carbocycles. The normalized spacial score (nSPS) is 23.9. The maximum absolute atomic E-state index is 15.2. The Balaban J connectivity index is 1.04. The second-order valence-electron chi connectivity index (χ2n) is 24.2. The second kappa shape index (κ2) is 35.4. The maximum atomic E-state index is 15.2. The van der Waals surface area contributed by atoms with Crippen molar-refractivity contribution in [2.75, 3.05) is 19.8 Å². The van der Waals surface area contributed by atoms with Crippen LogP contribution in [0.25, 0.3) is 0 Å². The van der Waals surface area contributed by atoms with Gasteiger partial charge in [-0.05, 0) is 109 Å². The predicted molar refractivity (Wildman–Crippen MR) is 368 cm³/mol. The maximum Gasteiger partial charge on any atom is 0.338 e. The fourth-order valence-electron chi connectivity index (χ4n) is 11.8. The van der Waals surface area contributed by atoms with E-state index in [0.717, 1.165) is 0 Å². The summed E-state index contributed by atoms with van der Waals surface area (Å²) in [6.07, 6.45) is -31.8. The Morgan fingerprint density at radius 3 is 0.736 bits per heavy atom. The molecule has 542 valence electrons. The van der Waals surface area contributed by atoms with E-state index >= 15 is 9.59 Å². The van der Waals surface area contributed by atoms with Gasteiger partial charge in [0.05, 0.1) is 50.1 Å². The van der Waals surface area contributed by atoms with Crippen molar-refractivity contribution in [1.29, 1.82) is 0 Å². The monoisotopic (exact) mass is 1440 g/mol. The minimum absolute atomic E-state index is 0.0157. The van der Waals surface area contributed by atoms with Gasteiger partial charge in [-0.25, -0.2) is 43.2 Å². The average Bonchev–Trinajstić information content (AvgIpc) is 0.760. The van der Waals surface area contributed by atoms with E-state index in [1.807, 2.05) is 0 Å². The minimum Gasteiger partial charge on any atom is -0.459 e. The van der Waals surface area contributed by atoms with Crippen molar-refractivity contribution in [1.82, 2.24) is 0 Å². The van der Waals surface area contributed by atoms with E-state index in [1.54, 1.807) is 103 Å². The first kappa shape index (κ1) is 73.7. The molecular formula is C81H68O25. The van der Waals surface area contributed by atoms with Crippen molar-refractivity contribution >= 4 is 53.7 Å². The predicted octanol–water partition coefficient (Wildman–Crippen LogP) is 9.21. The van der Waals surface area contributed by atoms with Gasteiger partial charge in [0, 0.05) is 0 Å². The Bertz CT molecular complexity index is 4430. The van der Waals surface area contributed by atoms with E-state index in [-0.39, 0.29) is 50.1 Å². The van der Waals surface area contributed by atoms with Gasteiger partial charge in [0.1, 0.15) is 56.4 Å². The quantitative estimate of drug-likeness (QED) is 0.0397. The molecule has 3 heterocycles. The van der Waals surface area contributed by atoms with Crippen LogP contribution in [0.5, 0.6) is 0 Å². The second-order valence-corrected chi connectivity index (χ2v) is 24.2. The molecule has 0 unspecified atom stereocenters. The lowest BCUT2D eigenvalue weighted by Crippen LogP contribution is -2.69. The lowest BCUT2D eigenvalue weighted by atomic mass is 9.95. The molecule has 0 aliphatic carbocycles. The molecule has 0 saturated carbocycles. The van der Waals surface area contributed by atoms with Crippen LogP contribution >= 0.6 is 0 Å². The van der Waals surface area contributed by atoms with Gasteiger partial charge >= 0.3 is 53.7 Å². The van der Waals surface area contributed by atoms with E-state index in [1.165, 1.54) is 170 Å². The van der Waals surface area contributed by atoms with Gasteiger partial charge in [0.25, 0.3) is 0 Å². The summed E-state index contributed by atoms with van der Waals surface area (Å²) in [4.78, 5) is 130. The summed E-state index contributed by atoms with van der Waals surface area (Å²) in [7, 11) is 0. The molecule has 3 aliphatic rings. The topological polar surface area (TPSA) is 323 Å². The number of esters is 9. The highest BCUT2D eigenvalue weighted by Gasteiger charge is 2.60. The van der Waals surface area contributed by atoms with Crippen molar-refractivity contribution < 1.29 is 120 Å². The summed E-state index contributed by atoms with van der Waals surface area (Å²) in [5.41, 5.74) is -0.348. The Hall–Kier alpha value is -12.1. The Kier molecular flexibility index (Phi) is 24.6. The number of aliphatic hydroxyl groups excluding tert-OH is 2. The largest absolute Gasteiger partial charge is 0.459 e. The molecule has 0 radical (unpaired) electrons. The summed E-state index contributed by atoms with van der Waals surface area (Å²) in [6, 6.07) is 67.7. The van der Waals surface area contributed by atoms with E-state index in [4.69, 9.17) is 66.3 Å². The zero-order valence-electron chi connectivity index (χ0n) is 56.0. The first-order valence-electron chi connectivity index (χ1n) is 33.5. The fraction of sp³-hybridized carbons (Fsp3) is 0.222. The van der Waals surface area contributed by atoms with E-state index in [9.17, 15) is 43.8 Å². The van der Waals surface area contributed by atoms with Gasteiger partial charge in [-0.1, -0.05) is 164 Å². The van der Waals surface area contributed by atoms with Crippen LogP contribution < -0.4 is 0 Å². The first-order chi connectivity index (χ1) is 51.6. The number of hydrogen-bond acceptors (Lipinski definition) is 25. The van der Waals surface area contributed by atoms with Crippen molar-refractivity contribution in [2.24, 2.45) is 0 Å². The van der Waals surface area contributed by atoms with Crippen LogP contribution in [0, 0.1) is 0 Å². The molecule has 15 atom stereocenters. The van der Waals surface area contributed by atoms with Crippen molar-refractivity contribution in [2.45, 2.75) is 92.1 Å². The highest BCUT2D eigenvalue weighted by atomic mass is 16.8. The Labute approximate surface area is 605 Å². The van der Waals surface area contributed by atoms with Crippen molar-refractivity contribution in [3.63, 3.8) is 0 Å². The molecule has 12 rings (SSSR count). The van der Waals surface area contributed by atoms with Gasteiger partial charge in [-0.15, -0.1) is 0 Å². The summed E-state index contributed by atoms with van der Waals surface area (Å²) >= 11 is 0. The third kappa shape index (κ3) is 18.5. The zero-order chi connectivity index (χ0) is 73.9. The molecule has 0 amide bonds. The smallest absolute Gasteiger partial charge is 0.338 e. The number of rotatable bonds is 25. The molecule has 9 aromatic rings. The minimum atomic E-state index is -2.36. The Morgan fingerprint density at radius 2 is 0.443 bits per heavy atom. The van der Waals surface area contributed by atoms with Gasteiger partial charge in [-0.2, -0.15) is 0 Å². The lowest BCUT2D eigenvalue weighted by molar-refractivity contribution is -0.376. The van der Waals surface area contributed by atoms with Gasteiger partial charge in [-0.3, -0.25) is 0 Å². The number of ether oxygens (including phenoxy) is 14. The van der Waals surface area contributed by atoms with Gasteiger partial charge in [0.2, 0.25) is 0 Å². The number of benzene rings is 9. The van der Waals surface area contributed by atoms with E-state index in [0.29, 0.717) is 0 Å². The van der Waals surface area contributed by atoms with Crippen LogP contribution in [-0.2, 0) is 66.3 Å². The average molecular weight is 1440 g/mol. The molecular weight excluding hydrogens is 1370 g/mol. The Morgan fingerprint density at radius 1 is 0.236 bits per heavy atom. The third-order valence-electron chi connectivity index (χ3n) is 17.1. The van der Waals surface area contributed by atoms with Gasteiger partial charge < -0.3 is 76.5 Å². The fourth-order valence-corrected chi connectivity index (χ4v) is 11.8. The van der Waals surface area contributed by atoms with Crippen LogP contribution in [0.3, 0.4) is 0 Å². The molecule has 25 heteroatoms. The van der Waals surface area contributed by atoms with Crippen molar-refractivity contribution in [3.05, 3.63) is 323 Å².